The van der Waals surface area contributed by atoms with Gasteiger partial charge in [-0.3, -0.25) is 0 Å². The molecule has 1 N–H and O–H groups in total. The molecular weight excluding hydrogens is 190 g/mol. The molecule has 0 aromatic carbocycles. The number of nitrogens with one attached hydrogen (secondary N) is 1. The lowest BCUT2D eigenvalue weighted by atomic mass is 10.2. The maximum Gasteiger partial charge on any atom is 0.228 e. The quantitative estimate of drug-likeness (QED) is 0.749. The number of aromatic nitrogens is 2. The summed E-state index contributed by atoms with van der Waals surface area (Å²) in [4.78, 5) is 4.33. The molecule has 0 amide bonds. The van der Waals surface area contributed by atoms with Gasteiger partial charge in [-0.25, -0.2) is 0 Å². The summed E-state index contributed by atoms with van der Waals surface area (Å²) in [6.45, 7) is 7.45. The van der Waals surface area contributed by atoms with Crippen LogP contribution in [0.2, 0.25) is 0 Å². The lowest BCUT2D eigenvalue weighted by Crippen LogP contribution is -2.28. The summed E-state index contributed by atoms with van der Waals surface area (Å²) < 4.78 is 5.17. The van der Waals surface area contributed by atoms with E-state index in [1.54, 1.807) is 0 Å². The Kier molecular flexibility index (Phi) is 5.32. The molecule has 4 heteroatoms. The lowest BCUT2D eigenvalue weighted by molar-refractivity contribution is 0.357. The predicted octanol–water partition coefficient (Wildman–Crippen LogP) is 1.95. The zero-order chi connectivity index (χ0) is 11.1. The average Bonchev–Trinajstić information content (AvgIpc) is 2.63. The highest BCUT2D eigenvalue weighted by atomic mass is 16.5. The summed E-state index contributed by atoms with van der Waals surface area (Å²) in [5.41, 5.74) is 0. The molecule has 1 atom stereocenters. The monoisotopic (exact) mass is 211 g/mol. The van der Waals surface area contributed by atoms with Crippen LogP contribution in [0.3, 0.4) is 0 Å². The molecule has 1 heterocycles. The van der Waals surface area contributed by atoms with Crippen molar-refractivity contribution in [2.45, 2.75) is 52.5 Å². The van der Waals surface area contributed by atoms with E-state index in [1.807, 2.05) is 0 Å². The van der Waals surface area contributed by atoms with Gasteiger partial charge in [0.1, 0.15) is 0 Å². The minimum absolute atomic E-state index is 0.403. The van der Waals surface area contributed by atoms with Crippen LogP contribution in [-0.2, 0) is 12.8 Å². The fourth-order valence-electron chi connectivity index (χ4n) is 1.42. The van der Waals surface area contributed by atoms with Gasteiger partial charge in [0.25, 0.3) is 0 Å². The van der Waals surface area contributed by atoms with Gasteiger partial charge in [0.2, 0.25) is 5.89 Å². The number of rotatable bonds is 7. The lowest BCUT2D eigenvalue weighted by Gasteiger charge is -2.09. The van der Waals surface area contributed by atoms with Gasteiger partial charge in [0, 0.05) is 18.9 Å². The second-order valence-electron chi connectivity index (χ2n) is 3.91. The molecule has 0 spiro atoms. The van der Waals surface area contributed by atoms with Crippen LogP contribution in [0, 0.1) is 0 Å². The topological polar surface area (TPSA) is 51.0 Å². The fraction of sp³-hybridized carbons (Fsp3) is 0.818. The molecule has 0 bridgehead atoms. The molecule has 0 aliphatic rings. The van der Waals surface area contributed by atoms with Crippen molar-refractivity contribution >= 4 is 0 Å². The fourth-order valence-corrected chi connectivity index (χ4v) is 1.42. The zero-order valence-corrected chi connectivity index (χ0v) is 9.92. The highest BCUT2D eigenvalue weighted by Gasteiger charge is 2.09. The minimum atomic E-state index is 0.403. The number of hydrogen-bond acceptors (Lipinski definition) is 4. The number of aryl methyl sites for hydroxylation is 1. The second-order valence-corrected chi connectivity index (χ2v) is 3.91. The van der Waals surface area contributed by atoms with Crippen molar-refractivity contribution in [1.82, 2.24) is 15.5 Å². The summed E-state index contributed by atoms with van der Waals surface area (Å²) in [5, 5.41) is 7.32. The molecule has 0 saturated carbocycles. The standard InChI is InChI=1S/C11H21N3O/c1-4-6-10-13-11(15-14-10)8-9(3)12-7-5-2/h9,12H,4-8H2,1-3H3. The smallest absolute Gasteiger partial charge is 0.228 e. The van der Waals surface area contributed by atoms with Gasteiger partial charge in [-0.1, -0.05) is 19.0 Å². The molecule has 0 radical (unpaired) electrons. The van der Waals surface area contributed by atoms with E-state index in [1.165, 1.54) is 0 Å². The van der Waals surface area contributed by atoms with Crippen LogP contribution in [0.25, 0.3) is 0 Å². The molecule has 1 rings (SSSR count). The van der Waals surface area contributed by atoms with Gasteiger partial charge in [0.15, 0.2) is 5.82 Å². The number of nitrogens with zero attached hydrogens (tertiary/aromatic N) is 2. The molecule has 1 aromatic heterocycles. The molecule has 0 fully saturated rings. The second kappa shape index (κ2) is 6.56. The van der Waals surface area contributed by atoms with Crippen LogP contribution in [0.5, 0.6) is 0 Å². The Hall–Kier alpha value is -0.900. The zero-order valence-electron chi connectivity index (χ0n) is 9.92. The van der Waals surface area contributed by atoms with Gasteiger partial charge in [-0.2, -0.15) is 4.98 Å². The Morgan fingerprint density at radius 2 is 2.13 bits per heavy atom. The molecule has 4 nitrogen and oxygen atoms in total. The van der Waals surface area contributed by atoms with Crippen molar-refractivity contribution in [2.75, 3.05) is 6.54 Å². The Bertz CT molecular complexity index is 273. The van der Waals surface area contributed by atoms with E-state index in [-0.39, 0.29) is 0 Å². The van der Waals surface area contributed by atoms with E-state index in [0.29, 0.717) is 6.04 Å². The first-order valence-corrected chi connectivity index (χ1v) is 5.81. The predicted molar refractivity (Wildman–Crippen MR) is 59.8 cm³/mol. The molecule has 0 aliphatic heterocycles. The van der Waals surface area contributed by atoms with E-state index in [2.05, 4.69) is 36.2 Å². The molecule has 1 aromatic rings. The van der Waals surface area contributed by atoms with Crippen molar-refractivity contribution in [3.05, 3.63) is 11.7 Å². The van der Waals surface area contributed by atoms with Crippen molar-refractivity contribution < 1.29 is 4.52 Å². The average molecular weight is 211 g/mol. The third-order valence-corrected chi connectivity index (χ3v) is 2.21. The maximum atomic E-state index is 5.17. The first-order valence-electron chi connectivity index (χ1n) is 5.81. The van der Waals surface area contributed by atoms with Crippen LogP contribution >= 0.6 is 0 Å². The van der Waals surface area contributed by atoms with E-state index >= 15 is 0 Å². The van der Waals surface area contributed by atoms with Crippen LogP contribution in [-0.4, -0.2) is 22.7 Å². The van der Waals surface area contributed by atoms with Crippen molar-refractivity contribution in [1.29, 1.82) is 0 Å². The summed E-state index contributed by atoms with van der Waals surface area (Å²) >= 11 is 0. The highest BCUT2D eigenvalue weighted by Crippen LogP contribution is 2.03. The van der Waals surface area contributed by atoms with Gasteiger partial charge >= 0.3 is 0 Å². The van der Waals surface area contributed by atoms with Gasteiger partial charge in [-0.15, -0.1) is 0 Å². The van der Waals surface area contributed by atoms with E-state index in [0.717, 1.165) is 43.9 Å². The van der Waals surface area contributed by atoms with Gasteiger partial charge < -0.3 is 9.84 Å². The van der Waals surface area contributed by atoms with E-state index in [4.69, 9.17) is 4.52 Å². The maximum absolute atomic E-state index is 5.17. The van der Waals surface area contributed by atoms with Crippen LogP contribution in [0.1, 0.15) is 45.3 Å². The van der Waals surface area contributed by atoms with Crippen LogP contribution in [0.15, 0.2) is 4.52 Å². The molecule has 0 saturated heterocycles. The third kappa shape index (κ3) is 4.42. The van der Waals surface area contributed by atoms with Gasteiger partial charge in [-0.05, 0) is 26.3 Å². The molecule has 1 unspecified atom stereocenters. The first kappa shape index (κ1) is 12.2. The first-order chi connectivity index (χ1) is 7.26. The summed E-state index contributed by atoms with van der Waals surface area (Å²) in [6, 6.07) is 0.403. The van der Waals surface area contributed by atoms with Crippen molar-refractivity contribution in [2.24, 2.45) is 0 Å². The number of hydrogen-bond donors (Lipinski definition) is 1. The largest absolute Gasteiger partial charge is 0.339 e. The normalized spacial score (nSPS) is 13.0. The molecule has 0 aliphatic carbocycles. The van der Waals surface area contributed by atoms with E-state index < -0.39 is 0 Å². The Labute approximate surface area is 91.5 Å². The van der Waals surface area contributed by atoms with Crippen molar-refractivity contribution in [3.63, 3.8) is 0 Å². The van der Waals surface area contributed by atoms with Crippen molar-refractivity contribution in [3.8, 4) is 0 Å². The molecular formula is C11H21N3O. The highest BCUT2D eigenvalue weighted by molar-refractivity contribution is 4.88. The minimum Gasteiger partial charge on any atom is -0.339 e. The van der Waals surface area contributed by atoms with Crippen LogP contribution in [0.4, 0.5) is 0 Å². The van der Waals surface area contributed by atoms with Gasteiger partial charge in [0.05, 0.1) is 0 Å². The Morgan fingerprint density at radius 1 is 1.33 bits per heavy atom. The Balaban J connectivity index is 2.35. The van der Waals surface area contributed by atoms with E-state index in [9.17, 15) is 0 Å². The SMILES string of the molecule is CCCNC(C)Cc1nc(CCC)no1. The summed E-state index contributed by atoms with van der Waals surface area (Å²) in [7, 11) is 0. The molecule has 15 heavy (non-hydrogen) atoms. The summed E-state index contributed by atoms with van der Waals surface area (Å²) in [5.74, 6) is 1.57. The van der Waals surface area contributed by atoms with Crippen LogP contribution < -0.4 is 5.32 Å². The molecule has 86 valence electrons. The Morgan fingerprint density at radius 3 is 2.80 bits per heavy atom. The third-order valence-electron chi connectivity index (χ3n) is 2.21. The summed E-state index contributed by atoms with van der Waals surface area (Å²) in [6.07, 6.45) is 3.93.